The molecule has 0 aliphatic heterocycles. The third-order valence-corrected chi connectivity index (χ3v) is 2.86. The molecule has 0 aliphatic carbocycles. The van der Waals surface area contributed by atoms with E-state index >= 15 is 0 Å². The molecular weight excluding hydrogens is 216 g/mol. The van der Waals surface area contributed by atoms with Crippen LogP contribution in [-0.2, 0) is 6.54 Å². The van der Waals surface area contributed by atoms with Crippen molar-refractivity contribution in [1.29, 1.82) is 0 Å². The Labute approximate surface area is 103 Å². The standard InChI is InChI=1S/C13H24N2O2/c1-4-14-13(10(2)3)11-5-6-15(7-11)8-12(17)9-16/h5-7,10,12-14,16-17H,4,8-9H2,1-3H3. The van der Waals surface area contributed by atoms with Crippen LogP contribution in [0.1, 0.15) is 32.4 Å². The van der Waals surface area contributed by atoms with Gasteiger partial charge < -0.3 is 20.1 Å². The van der Waals surface area contributed by atoms with E-state index in [9.17, 15) is 5.11 Å². The van der Waals surface area contributed by atoms with Crippen LogP contribution in [0.2, 0.25) is 0 Å². The van der Waals surface area contributed by atoms with Gasteiger partial charge in [0.15, 0.2) is 0 Å². The van der Waals surface area contributed by atoms with Crippen LogP contribution in [0.25, 0.3) is 0 Å². The lowest BCUT2D eigenvalue weighted by Crippen LogP contribution is -2.25. The Morgan fingerprint density at radius 3 is 2.65 bits per heavy atom. The van der Waals surface area contributed by atoms with Crippen molar-refractivity contribution in [1.82, 2.24) is 9.88 Å². The van der Waals surface area contributed by atoms with Crippen LogP contribution >= 0.6 is 0 Å². The lowest BCUT2D eigenvalue weighted by Gasteiger charge is -2.20. The summed E-state index contributed by atoms with van der Waals surface area (Å²) in [5, 5.41) is 21.6. The molecule has 0 amide bonds. The van der Waals surface area contributed by atoms with Crippen molar-refractivity contribution >= 4 is 0 Å². The zero-order valence-electron chi connectivity index (χ0n) is 10.9. The molecule has 1 aromatic rings. The molecule has 0 aromatic carbocycles. The Kier molecular flexibility index (Phi) is 5.68. The van der Waals surface area contributed by atoms with Crippen LogP contribution in [0.4, 0.5) is 0 Å². The molecule has 1 heterocycles. The maximum Gasteiger partial charge on any atom is 0.0949 e. The molecule has 0 saturated heterocycles. The second-order valence-corrected chi connectivity index (χ2v) is 4.76. The zero-order chi connectivity index (χ0) is 12.8. The minimum absolute atomic E-state index is 0.200. The van der Waals surface area contributed by atoms with Gasteiger partial charge in [-0.15, -0.1) is 0 Å². The molecule has 1 aromatic heterocycles. The minimum Gasteiger partial charge on any atom is -0.394 e. The number of nitrogens with zero attached hydrogens (tertiary/aromatic N) is 1. The normalized spacial score (nSPS) is 15.2. The van der Waals surface area contributed by atoms with Gasteiger partial charge in [0.1, 0.15) is 0 Å². The average molecular weight is 240 g/mol. The molecule has 2 unspecified atom stereocenters. The molecule has 0 fully saturated rings. The Hall–Kier alpha value is -0.840. The van der Waals surface area contributed by atoms with E-state index in [2.05, 4.69) is 32.2 Å². The van der Waals surface area contributed by atoms with Gasteiger partial charge in [0.25, 0.3) is 0 Å². The van der Waals surface area contributed by atoms with E-state index < -0.39 is 6.10 Å². The Balaban J connectivity index is 2.70. The van der Waals surface area contributed by atoms with Crippen LogP contribution in [0, 0.1) is 5.92 Å². The highest BCUT2D eigenvalue weighted by atomic mass is 16.3. The van der Waals surface area contributed by atoms with Gasteiger partial charge >= 0.3 is 0 Å². The first-order valence-corrected chi connectivity index (χ1v) is 6.26. The summed E-state index contributed by atoms with van der Waals surface area (Å²) < 4.78 is 1.92. The van der Waals surface area contributed by atoms with Gasteiger partial charge in [-0.05, 0) is 24.1 Å². The lowest BCUT2D eigenvalue weighted by atomic mass is 9.98. The lowest BCUT2D eigenvalue weighted by molar-refractivity contribution is 0.0812. The summed E-state index contributed by atoms with van der Waals surface area (Å²) in [6.45, 7) is 7.65. The summed E-state index contributed by atoms with van der Waals surface area (Å²) >= 11 is 0. The maximum absolute atomic E-state index is 9.39. The van der Waals surface area contributed by atoms with Gasteiger partial charge in [-0.1, -0.05) is 20.8 Å². The molecule has 2 atom stereocenters. The molecule has 17 heavy (non-hydrogen) atoms. The molecule has 0 saturated carbocycles. The largest absolute Gasteiger partial charge is 0.394 e. The summed E-state index contributed by atoms with van der Waals surface area (Å²) in [5.74, 6) is 0.522. The number of hydrogen-bond acceptors (Lipinski definition) is 3. The zero-order valence-corrected chi connectivity index (χ0v) is 10.9. The Morgan fingerprint density at radius 2 is 2.12 bits per heavy atom. The second-order valence-electron chi connectivity index (χ2n) is 4.76. The predicted octanol–water partition coefficient (Wildman–Crippen LogP) is 1.15. The third-order valence-electron chi connectivity index (χ3n) is 2.86. The molecule has 3 N–H and O–H groups in total. The molecule has 0 bridgehead atoms. The molecule has 1 rings (SSSR count). The van der Waals surface area contributed by atoms with Crippen molar-refractivity contribution < 1.29 is 10.2 Å². The molecule has 4 nitrogen and oxygen atoms in total. The summed E-state index contributed by atoms with van der Waals surface area (Å²) in [5.41, 5.74) is 1.23. The second kappa shape index (κ2) is 6.79. The third kappa shape index (κ3) is 4.15. The van der Waals surface area contributed by atoms with E-state index in [1.807, 2.05) is 17.0 Å². The quantitative estimate of drug-likeness (QED) is 0.670. The van der Waals surface area contributed by atoms with Crippen molar-refractivity contribution in [3.05, 3.63) is 24.0 Å². The number of aliphatic hydroxyl groups is 2. The molecule has 98 valence electrons. The number of aromatic nitrogens is 1. The fourth-order valence-corrected chi connectivity index (χ4v) is 2.02. The van der Waals surface area contributed by atoms with Gasteiger partial charge in [-0.3, -0.25) is 0 Å². The molecule has 0 radical (unpaired) electrons. The maximum atomic E-state index is 9.39. The number of hydrogen-bond donors (Lipinski definition) is 3. The number of nitrogens with one attached hydrogen (secondary N) is 1. The number of rotatable bonds is 7. The van der Waals surface area contributed by atoms with E-state index in [0.29, 0.717) is 18.5 Å². The van der Waals surface area contributed by atoms with Crippen LogP contribution in [0.15, 0.2) is 18.5 Å². The molecular formula is C13H24N2O2. The van der Waals surface area contributed by atoms with Crippen molar-refractivity contribution in [2.45, 2.75) is 39.5 Å². The van der Waals surface area contributed by atoms with Gasteiger partial charge in [0.2, 0.25) is 0 Å². The highest BCUT2D eigenvalue weighted by Gasteiger charge is 2.15. The minimum atomic E-state index is -0.688. The van der Waals surface area contributed by atoms with Crippen LogP contribution in [0.5, 0.6) is 0 Å². The fourth-order valence-electron chi connectivity index (χ4n) is 2.02. The summed E-state index contributed by atoms with van der Waals surface area (Å²) in [4.78, 5) is 0. The smallest absolute Gasteiger partial charge is 0.0949 e. The predicted molar refractivity (Wildman–Crippen MR) is 68.8 cm³/mol. The number of aliphatic hydroxyl groups excluding tert-OH is 2. The highest BCUT2D eigenvalue weighted by molar-refractivity contribution is 5.16. The summed E-state index contributed by atoms with van der Waals surface area (Å²) in [6, 6.07) is 2.41. The van der Waals surface area contributed by atoms with E-state index in [0.717, 1.165) is 6.54 Å². The van der Waals surface area contributed by atoms with Gasteiger partial charge in [0, 0.05) is 18.4 Å². The van der Waals surface area contributed by atoms with Crippen molar-refractivity contribution in [2.24, 2.45) is 5.92 Å². The van der Waals surface area contributed by atoms with E-state index in [-0.39, 0.29) is 6.61 Å². The summed E-state index contributed by atoms with van der Waals surface area (Å²) in [6.07, 6.45) is 3.29. The van der Waals surface area contributed by atoms with Crippen LogP contribution in [-0.4, -0.2) is 34.0 Å². The van der Waals surface area contributed by atoms with Crippen LogP contribution < -0.4 is 5.32 Å². The van der Waals surface area contributed by atoms with Crippen LogP contribution in [0.3, 0.4) is 0 Å². The fraction of sp³-hybridized carbons (Fsp3) is 0.692. The Morgan fingerprint density at radius 1 is 1.41 bits per heavy atom. The van der Waals surface area contributed by atoms with Crippen molar-refractivity contribution in [3.8, 4) is 0 Å². The van der Waals surface area contributed by atoms with Crippen molar-refractivity contribution in [2.75, 3.05) is 13.2 Å². The highest BCUT2D eigenvalue weighted by Crippen LogP contribution is 2.21. The van der Waals surface area contributed by atoms with E-state index in [1.165, 1.54) is 5.56 Å². The first kappa shape index (κ1) is 14.2. The molecule has 0 aliphatic rings. The SMILES string of the molecule is CCNC(c1ccn(CC(O)CO)c1)C(C)C. The molecule has 0 spiro atoms. The topological polar surface area (TPSA) is 57.4 Å². The summed E-state index contributed by atoms with van der Waals surface area (Å²) in [7, 11) is 0. The van der Waals surface area contributed by atoms with E-state index in [1.54, 1.807) is 0 Å². The first-order valence-electron chi connectivity index (χ1n) is 6.26. The molecule has 4 heteroatoms. The average Bonchev–Trinajstić information content (AvgIpc) is 2.73. The monoisotopic (exact) mass is 240 g/mol. The first-order chi connectivity index (χ1) is 8.08. The van der Waals surface area contributed by atoms with Gasteiger partial charge in [-0.25, -0.2) is 0 Å². The van der Waals surface area contributed by atoms with E-state index in [4.69, 9.17) is 5.11 Å². The Bertz CT molecular complexity index is 323. The van der Waals surface area contributed by atoms with Gasteiger partial charge in [0.05, 0.1) is 19.3 Å². The van der Waals surface area contributed by atoms with Gasteiger partial charge in [-0.2, -0.15) is 0 Å². The van der Waals surface area contributed by atoms with Crippen molar-refractivity contribution in [3.63, 3.8) is 0 Å².